The Morgan fingerprint density at radius 2 is 1.50 bits per heavy atom. The zero-order chi connectivity index (χ0) is 12.7. The van der Waals surface area contributed by atoms with E-state index in [-0.39, 0.29) is 0 Å². The van der Waals surface area contributed by atoms with Gasteiger partial charge < -0.3 is 4.74 Å². The van der Waals surface area contributed by atoms with Crippen molar-refractivity contribution in [3.63, 3.8) is 0 Å². The lowest BCUT2D eigenvalue weighted by Gasteiger charge is -2.09. The molecule has 1 aliphatic rings. The van der Waals surface area contributed by atoms with E-state index in [2.05, 4.69) is 19.9 Å². The van der Waals surface area contributed by atoms with Crippen LogP contribution in [0.5, 0.6) is 11.5 Å². The van der Waals surface area contributed by atoms with Crippen LogP contribution in [0.1, 0.15) is 25.0 Å². The summed E-state index contributed by atoms with van der Waals surface area (Å²) < 4.78 is 6.00. The Labute approximate surface area is 112 Å². The normalized spacial score (nSPS) is 13.5. The van der Waals surface area contributed by atoms with Gasteiger partial charge in [-0.1, -0.05) is 29.8 Å². The predicted molar refractivity (Wildman–Crippen MR) is 76.1 cm³/mol. The van der Waals surface area contributed by atoms with E-state index in [4.69, 9.17) is 16.3 Å². The standard InChI is InChI=1S/C16H13ClO/c1-10-11(2)14-9-12(17)7-8-16(14)18-15-6-4-3-5-13(10)15/h3-9H,1-2H3. The lowest BCUT2D eigenvalue weighted by molar-refractivity contribution is 0.481. The van der Waals surface area contributed by atoms with Crippen molar-refractivity contribution in [3.8, 4) is 11.5 Å². The average Bonchev–Trinajstić information content (AvgIpc) is 2.48. The number of hydrogen-bond donors (Lipinski definition) is 0. The van der Waals surface area contributed by atoms with Gasteiger partial charge in [0.2, 0.25) is 0 Å². The van der Waals surface area contributed by atoms with Crippen LogP contribution in [-0.2, 0) is 0 Å². The molecule has 2 aromatic rings. The molecule has 0 amide bonds. The molecule has 0 bridgehead atoms. The van der Waals surface area contributed by atoms with Gasteiger partial charge in [-0.25, -0.2) is 0 Å². The number of allylic oxidation sites excluding steroid dienone is 2. The van der Waals surface area contributed by atoms with Crippen molar-refractivity contribution in [2.24, 2.45) is 0 Å². The van der Waals surface area contributed by atoms with Crippen LogP contribution in [0.15, 0.2) is 42.5 Å². The van der Waals surface area contributed by atoms with E-state index in [1.807, 2.05) is 36.4 Å². The second kappa shape index (κ2) is 4.18. The molecular formula is C16H13ClO. The molecule has 0 saturated heterocycles. The second-order valence-corrected chi connectivity index (χ2v) is 4.93. The lowest BCUT2D eigenvalue weighted by atomic mass is 9.97. The maximum absolute atomic E-state index is 6.08. The number of para-hydroxylation sites is 1. The zero-order valence-corrected chi connectivity index (χ0v) is 11.1. The van der Waals surface area contributed by atoms with Gasteiger partial charge in [-0.3, -0.25) is 0 Å². The molecule has 0 saturated carbocycles. The van der Waals surface area contributed by atoms with Gasteiger partial charge in [0.15, 0.2) is 0 Å². The van der Waals surface area contributed by atoms with E-state index >= 15 is 0 Å². The fraction of sp³-hybridized carbons (Fsp3) is 0.125. The quantitative estimate of drug-likeness (QED) is 0.613. The molecule has 0 radical (unpaired) electrons. The number of hydrogen-bond acceptors (Lipinski definition) is 1. The Bertz CT molecular complexity index is 656. The second-order valence-electron chi connectivity index (χ2n) is 4.49. The summed E-state index contributed by atoms with van der Waals surface area (Å²) in [5.74, 6) is 1.76. The summed E-state index contributed by atoms with van der Waals surface area (Å²) in [5.41, 5.74) is 4.64. The van der Waals surface area contributed by atoms with Crippen LogP contribution in [0.25, 0.3) is 11.1 Å². The zero-order valence-electron chi connectivity index (χ0n) is 10.3. The monoisotopic (exact) mass is 256 g/mol. The minimum Gasteiger partial charge on any atom is -0.456 e. The van der Waals surface area contributed by atoms with Crippen LogP contribution in [0.3, 0.4) is 0 Å². The van der Waals surface area contributed by atoms with Crippen molar-refractivity contribution in [2.45, 2.75) is 13.8 Å². The summed E-state index contributed by atoms with van der Waals surface area (Å²) in [7, 11) is 0. The smallest absolute Gasteiger partial charge is 0.135 e. The summed E-state index contributed by atoms with van der Waals surface area (Å²) in [6.07, 6.45) is 0. The third-order valence-electron chi connectivity index (χ3n) is 3.42. The third kappa shape index (κ3) is 1.72. The Kier molecular flexibility index (Phi) is 2.64. The molecule has 1 heterocycles. The molecular weight excluding hydrogens is 244 g/mol. The van der Waals surface area contributed by atoms with E-state index in [0.717, 1.165) is 27.6 Å². The number of fused-ring (bicyclic) bond motifs is 2. The Morgan fingerprint density at radius 1 is 0.833 bits per heavy atom. The van der Waals surface area contributed by atoms with Crippen LogP contribution in [0.4, 0.5) is 0 Å². The molecule has 18 heavy (non-hydrogen) atoms. The summed E-state index contributed by atoms with van der Waals surface area (Å²) in [4.78, 5) is 0. The maximum Gasteiger partial charge on any atom is 0.135 e. The van der Waals surface area contributed by atoms with E-state index in [0.29, 0.717) is 0 Å². The van der Waals surface area contributed by atoms with Crippen LogP contribution in [0.2, 0.25) is 5.02 Å². The van der Waals surface area contributed by atoms with E-state index < -0.39 is 0 Å². The van der Waals surface area contributed by atoms with E-state index in [1.165, 1.54) is 11.1 Å². The van der Waals surface area contributed by atoms with Crippen molar-refractivity contribution < 1.29 is 4.74 Å². The summed E-state index contributed by atoms with van der Waals surface area (Å²) in [5, 5.41) is 0.732. The molecule has 90 valence electrons. The lowest BCUT2D eigenvalue weighted by Crippen LogP contribution is -1.88. The molecule has 0 atom stereocenters. The van der Waals surface area contributed by atoms with Crippen LogP contribution < -0.4 is 4.74 Å². The van der Waals surface area contributed by atoms with Gasteiger partial charge in [0, 0.05) is 16.1 Å². The van der Waals surface area contributed by atoms with Crippen molar-refractivity contribution in [2.75, 3.05) is 0 Å². The molecule has 2 aromatic carbocycles. The van der Waals surface area contributed by atoms with Gasteiger partial charge in [0.05, 0.1) is 0 Å². The Balaban J connectivity index is 2.32. The van der Waals surface area contributed by atoms with Crippen molar-refractivity contribution in [1.29, 1.82) is 0 Å². The number of benzene rings is 2. The third-order valence-corrected chi connectivity index (χ3v) is 3.65. The highest BCUT2D eigenvalue weighted by Gasteiger charge is 2.17. The number of rotatable bonds is 0. The minimum absolute atomic E-state index is 0.732. The van der Waals surface area contributed by atoms with Gasteiger partial charge in [-0.15, -0.1) is 0 Å². The van der Waals surface area contributed by atoms with Crippen molar-refractivity contribution in [1.82, 2.24) is 0 Å². The maximum atomic E-state index is 6.08. The highest BCUT2D eigenvalue weighted by atomic mass is 35.5. The largest absolute Gasteiger partial charge is 0.456 e. The van der Waals surface area contributed by atoms with Crippen LogP contribution in [-0.4, -0.2) is 0 Å². The van der Waals surface area contributed by atoms with Crippen molar-refractivity contribution in [3.05, 3.63) is 58.6 Å². The highest BCUT2D eigenvalue weighted by Crippen LogP contribution is 2.42. The average molecular weight is 257 g/mol. The molecule has 2 heteroatoms. The fourth-order valence-corrected chi connectivity index (χ4v) is 2.44. The number of halogens is 1. The Hall–Kier alpha value is -1.73. The summed E-state index contributed by atoms with van der Waals surface area (Å²) in [6, 6.07) is 13.8. The van der Waals surface area contributed by atoms with Gasteiger partial charge in [0.25, 0.3) is 0 Å². The molecule has 0 fully saturated rings. The van der Waals surface area contributed by atoms with E-state index in [1.54, 1.807) is 0 Å². The van der Waals surface area contributed by atoms with E-state index in [9.17, 15) is 0 Å². The summed E-state index contributed by atoms with van der Waals surface area (Å²) >= 11 is 6.08. The first kappa shape index (κ1) is 11.4. The molecule has 1 nitrogen and oxygen atoms in total. The minimum atomic E-state index is 0.732. The van der Waals surface area contributed by atoms with Crippen molar-refractivity contribution >= 4 is 22.7 Å². The first-order chi connectivity index (χ1) is 8.66. The SMILES string of the molecule is CC1=C(C)c2cc(Cl)ccc2Oc2ccccc21. The van der Waals surface area contributed by atoms with Crippen LogP contribution in [0, 0.1) is 0 Å². The molecule has 0 spiro atoms. The predicted octanol–water partition coefficient (Wildman–Crippen LogP) is 5.40. The van der Waals surface area contributed by atoms with Gasteiger partial charge in [-0.2, -0.15) is 0 Å². The van der Waals surface area contributed by atoms with Gasteiger partial charge >= 0.3 is 0 Å². The van der Waals surface area contributed by atoms with Gasteiger partial charge in [-0.05, 0) is 49.3 Å². The first-order valence-electron chi connectivity index (χ1n) is 5.91. The molecule has 0 N–H and O–H groups in total. The molecule has 0 aliphatic carbocycles. The fourth-order valence-electron chi connectivity index (χ4n) is 2.27. The summed E-state index contributed by atoms with van der Waals surface area (Å²) in [6.45, 7) is 4.23. The molecule has 1 aliphatic heterocycles. The highest BCUT2D eigenvalue weighted by molar-refractivity contribution is 6.30. The molecule has 3 rings (SSSR count). The molecule has 0 unspecified atom stereocenters. The van der Waals surface area contributed by atoms with Gasteiger partial charge in [0.1, 0.15) is 11.5 Å². The Morgan fingerprint density at radius 3 is 2.33 bits per heavy atom. The van der Waals surface area contributed by atoms with Crippen LogP contribution >= 0.6 is 11.6 Å². The molecule has 0 aromatic heterocycles. The topological polar surface area (TPSA) is 9.23 Å². The number of ether oxygens (including phenoxy) is 1. The first-order valence-corrected chi connectivity index (χ1v) is 6.29.